The summed E-state index contributed by atoms with van der Waals surface area (Å²) >= 11 is 0. The molecule has 0 atom stereocenters. The van der Waals surface area contributed by atoms with Crippen LogP contribution in [0.15, 0.2) is 43.0 Å². The van der Waals surface area contributed by atoms with Crippen molar-refractivity contribution in [2.45, 2.75) is 13.8 Å². The average Bonchev–Trinajstić information content (AvgIpc) is 3.10. The van der Waals surface area contributed by atoms with Crippen LogP contribution in [-0.2, 0) is 0 Å². The molecule has 0 spiro atoms. The summed E-state index contributed by atoms with van der Waals surface area (Å²) in [6.07, 6.45) is 6.76. The van der Waals surface area contributed by atoms with Crippen molar-refractivity contribution >= 4 is 10.9 Å². The van der Waals surface area contributed by atoms with Gasteiger partial charge in [-0.05, 0) is 31.5 Å². The van der Waals surface area contributed by atoms with Crippen LogP contribution in [0.3, 0.4) is 0 Å². The van der Waals surface area contributed by atoms with E-state index < -0.39 is 0 Å². The maximum atomic E-state index is 10.9. The van der Waals surface area contributed by atoms with Gasteiger partial charge in [-0.15, -0.1) is 0 Å². The molecule has 8 heteroatoms. The minimum atomic E-state index is 0.0995. The van der Waals surface area contributed by atoms with E-state index in [1.54, 1.807) is 43.6 Å². The lowest BCUT2D eigenvalue weighted by Gasteiger charge is -2.09. The Bertz CT molecular complexity index is 1220. The first kappa shape index (κ1) is 19.5. The van der Waals surface area contributed by atoms with Crippen molar-refractivity contribution in [3.8, 4) is 40.2 Å². The summed E-state index contributed by atoms with van der Waals surface area (Å²) in [6.45, 7) is 4.38. The van der Waals surface area contributed by atoms with Gasteiger partial charge in [-0.1, -0.05) is 0 Å². The minimum Gasteiger partial charge on any atom is -0.494 e. The molecule has 4 heterocycles. The highest BCUT2D eigenvalue weighted by atomic mass is 16.5. The van der Waals surface area contributed by atoms with Crippen molar-refractivity contribution in [1.29, 1.82) is 0 Å². The van der Waals surface area contributed by atoms with Crippen LogP contribution in [0, 0.1) is 6.92 Å². The third-order valence-corrected chi connectivity index (χ3v) is 4.76. The van der Waals surface area contributed by atoms with Gasteiger partial charge < -0.3 is 19.3 Å². The van der Waals surface area contributed by atoms with E-state index in [0.29, 0.717) is 46.3 Å². The molecule has 4 rings (SSSR count). The van der Waals surface area contributed by atoms with E-state index in [2.05, 4.69) is 9.97 Å². The van der Waals surface area contributed by atoms with E-state index in [4.69, 9.17) is 19.2 Å². The van der Waals surface area contributed by atoms with E-state index in [-0.39, 0.29) is 5.88 Å². The molecule has 4 aromatic rings. The standard InChI is InChI=1S/C22H22N4O4/c1-5-30-16-8-15(10-23-11-16)26-12-18-20(22(26)27)13(2)6-17(25-18)14-7-19(28-3)21(29-4)24-9-14/h6-12,27H,5H2,1-4H3. The molecule has 0 radical (unpaired) electrons. The number of ether oxygens (including phenoxy) is 3. The Balaban J connectivity index is 1.83. The van der Waals surface area contributed by atoms with Gasteiger partial charge in [-0.25, -0.2) is 9.97 Å². The summed E-state index contributed by atoms with van der Waals surface area (Å²) in [5.74, 6) is 1.66. The highest BCUT2D eigenvalue weighted by Gasteiger charge is 2.17. The van der Waals surface area contributed by atoms with Crippen molar-refractivity contribution in [3.05, 3.63) is 48.5 Å². The Kier molecular flexibility index (Phi) is 5.14. The van der Waals surface area contributed by atoms with E-state index in [9.17, 15) is 5.11 Å². The second-order valence-electron chi connectivity index (χ2n) is 6.65. The number of methoxy groups -OCH3 is 2. The van der Waals surface area contributed by atoms with Crippen LogP contribution in [0.1, 0.15) is 12.5 Å². The van der Waals surface area contributed by atoms with Gasteiger partial charge >= 0.3 is 0 Å². The number of hydrogen-bond acceptors (Lipinski definition) is 7. The molecule has 0 amide bonds. The zero-order valence-electron chi connectivity index (χ0n) is 17.2. The molecule has 0 aromatic carbocycles. The Hall–Kier alpha value is -3.81. The fourth-order valence-electron chi connectivity index (χ4n) is 3.39. The largest absolute Gasteiger partial charge is 0.494 e. The third-order valence-electron chi connectivity index (χ3n) is 4.76. The number of nitrogens with zero attached hydrogens (tertiary/aromatic N) is 4. The second-order valence-corrected chi connectivity index (χ2v) is 6.65. The monoisotopic (exact) mass is 406 g/mol. The molecule has 0 saturated carbocycles. The van der Waals surface area contributed by atoms with E-state index in [0.717, 1.165) is 11.1 Å². The first-order valence-electron chi connectivity index (χ1n) is 9.44. The smallest absolute Gasteiger partial charge is 0.256 e. The fourth-order valence-corrected chi connectivity index (χ4v) is 3.39. The van der Waals surface area contributed by atoms with E-state index >= 15 is 0 Å². The number of hydrogen-bond donors (Lipinski definition) is 1. The number of rotatable bonds is 6. The fraction of sp³-hybridized carbons (Fsp3) is 0.227. The van der Waals surface area contributed by atoms with Crippen LogP contribution in [-0.4, -0.2) is 45.5 Å². The molecule has 0 aliphatic heterocycles. The van der Waals surface area contributed by atoms with Crippen LogP contribution >= 0.6 is 0 Å². The van der Waals surface area contributed by atoms with Crippen LogP contribution in [0.4, 0.5) is 0 Å². The molecule has 154 valence electrons. The second kappa shape index (κ2) is 7.90. The molecule has 0 aliphatic rings. The number of aromatic hydroxyl groups is 1. The SMILES string of the molecule is CCOc1cncc(-n2cc3nc(-c4cnc(OC)c(OC)c4)cc(C)c3c2O)c1. The summed E-state index contributed by atoms with van der Waals surface area (Å²) in [4.78, 5) is 13.2. The summed E-state index contributed by atoms with van der Waals surface area (Å²) < 4.78 is 17.7. The van der Waals surface area contributed by atoms with Crippen LogP contribution in [0.2, 0.25) is 0 Å². The summed E-state index contributed by atoms with van der Waals surface area (Å²) in [5, 5.41) is 11.5. The van der Waals surface area contributed by atoms with Gasteiger partial charge in [-0.3, -0.25) is 9.55 Å². The molecule has 1 N–H and O–H groups in total. The highest BCUT2D eigenvalue weighted by Crippen LogP contribution is 2.35. The molecule has 4 aromatic heterocycles. The van der Waals surface area contributed by atoms with Crippen molar-refractivity contribution in [2.75, 3.05) is 20.8 Å². The van der Waals surface area contributed by atoms with Crippen molar-refractivity contribution in [2.24, 2.45) is 0 Å². The molecular weight excluding hydrogens is 384 g/mol. The highest BCUT2D eigenvalue weighted by molar-refractivity contribution is 5.90. The third kappa shape index (κ3) is 3.36. The van der Waals surface area contributed by atoms with Gasteiger partial charge in [-0.2, -0.15) is 0 Å². The first-order valence-corrected chi connectivity index (χ1v) is 9.44. The lowest BCUT2D eigenvalue weighted by Crippen LogP contribution is -1.96. The summed E-state index contributed by atoms with van der Waals surface area (Å²) in [6, 6.07) is 5.56. The Morgan fingerprint density at radius 1 is 1.07 bits per heavy atom. The van der Waals surface area contributed by atoms with Gasteiger partial charge in [0.1, 0.15) is 5.75 Å². The minimum absolute atomic E-state index is 0.0995. The number of aryl methyl sites for hydroxylation is 1. The topological polar surface area (TPSA) is 91.5 Å². The maximum absolute atomic E-state index is 10.9. The average molecular weight is 406 g/mol. The number of pyridine rings is 3. The van der Waals surface area contributed by atoms with Gasteiger partial charge in [0.25, 0.3) is 5.88 Å². The molecular formula is C22H22N4O4. The Morgan fingerprint density at radius 2 is 1.90 bits per heavy atom. The van der Waals surface area contributed by atoms with Gasteiger partial charge in [0.2, 0.25) is 5.88 Å². The normalized spacial score (nSPS) is 10.9. The van der Waals surface area contributed by atoms with Crippen LogP contribution < -0.4 is 14.2 Å². The lowest BCUT2D eigenvalue weighted by atomic mass is 10.1. The van der Waals surface area contributed by atoms with Crippen molar-refractivity contribution < 1.29 is 19.3 Å². The Labute approximate surface area is 173 Å². The van der Waals surface area contributed by atoms with Crippen molar-refractivity contribution in [1.82, 2.24) is 19.5 Å². The number of fused-ring (bicyclic) bond motifs is 1. The lowest BCUT2D eigenvalue weighted by molar-refractivity contribution is 0.338. The summed E-state index contributed by atoms with van der Waals surface area (Å²) in [5.41, 5.74) is 3.72. The van der Waals surface area contributed by atoms with E-state index in [1.807, 2.05) is 32.0 Å². The predicted molar refractivity (Wildman–Crippen MR) is 113 cm³/mol. The first-order chi connectivity index (χ1) is 14.5. The zero-order chi connectivity index (χ0) is 21.3. The molecule has 0 unspecified atom stereocenters. The van der Waals surface area contributed by atoms with E-state index in [1.165, 1.54) is 0 Å². The predicted octanol–water partition coefficient (Wildman–Crippen LogP) is 3.91. The molecule has 0 saturated heterocycles. The molecule has 0 bridgehead atoms. The Morgan fingerprint density at radius 3 is 2.63 bits per heavy atom. The molecule has 30 heavy (non-hydrogen) atoms. The van der Waals surface area contributed by atoms with Crippen LogP contribution in [0.5, 0.6) is 23.3 Å². The zero-order valence-corrected chi connectivity index (χ0v) is 17.2. The molecule has 0 fully saturated rings. The van der Waals surface area contributed by atoms with Gasteiger partial charge in [0, 0.05) is 24.0 Å². The molecule has 0 aliphatic carbocycles. The quantitative estimate of drug-likeness (QED) is 0.519. The number of aromatic nitrogens is 4. The summed E-state index contributed by atoms with van der Waals surface area (Å²) in [7, 11) is 3.10. The van der Waals surface area contributed by atoms with Crippen molar-refractivity contribution in [3.63, 3.8) is 0 Å². The maximum Gasteiger partial charge on any atom is 0.256 e. The molecule has 8 nitrogen and oxygen atoms in total. The van der Waals surface area contributed by atoms with Gasteiger partial charge in [0.05, 0.1) is 55.5 Å². The van der Waals surface area contributed by atoms with Gasteiger partial charge in [0.15, 0.2) is 5.75 Å². The van der Waals surface area contributed by atoms with Crippen LogP contribution in [0.25, 0.3) is 27.8 Å².